The lowest BCUT2D eigenvalue weighted by molar-refractivity contribution is -0.870. The molecule has 0 bridgehead atoms. The standard InChI is InChI=1S/C71H141N2O7P/c1-7-10-13-16-19-22-25-28-30-32-33-34-35-36-37-38-39-40-41-42-44-46-49-52-55-58-61-64-71(75)80-69(62-59-56-53-50-47-27-24-21-18-15-12-9-3)68(67-79-81(76,77)78-66-65-73(4,5)6)72-70(74)63-60-57-54-51-48-45-43-31-29-26-23-20-17-14-11-8-2/h59,62,68-69H,7-58,60-61,63-67H2,1-6H3,(H-,72,74,76,77)/p+1/b62-59-. The highest BCUT2D eigenvalue weighted by Crippen LogP contribution is 2.43. The first-order valence-corrected chi connectivity index (χ1v) is 37.5. The van der Waals surface area contributed by atoms with Crippen molar-refractivity contribution in [2.45, 2.75) is 392 Å². The molecule has 0 aromatic rings. The summed E-state index contributed by atoms with van der Waals surface area (Å²) in [5, 5.41) is 3.08. The Hall–Kier alpha value is -1.25. The van der Waals surface area contributed by atoms with Gasteiger partial charge in [-0.2, -0.15) is 0 Å². The fraction of sp³-hybridized carbons (Fsp3) is 0.944. The van der Waals surface area contributed by atoms with Crippen molar-refractivity contribution in [3.05, 3.63) is 12.2 Å². The summed E-state index contributed by atoms with van der Waals surface area (Å²) in [7, 11) is 1.52. The molecule has 3 atom stereocenters. The molecular weight excluding hydrogens is 1020 g/mol. The average molecular weight is 1170 g/mol. The number of quaternary nitrogens is 1. The van der Waals surface area contributed by atoms with Crippen LogP contribution < -0.4 is 5.32 Å². The first-order valence-electron chi connectivity index (χ1n) is 36.0. The second-order valence-corrected chi connectivity index (χ2v) is 27.6. The van der Waals surface area contributed by atoms with E-state index in [0.717, 1.165) is 57.8 Å². The van der Waals surface area contributed by atoms with Crippen molar-refractivity contribution in [1.82, 2.24) is 5.32 Å². The van der Waals surface area contributed by atoms with Crippen LogP contribution in [0.25, 0.3) is 0 Å². The summed E-state index contributed by atoms with van der Waals surface area (Å²) in [6.45, 7) is 7.09. The molecule has 2 N–H and O–H groups in total. The zero-order chi connectivity index (χ0) is 59.3. The molecule has 0 aromatic carbocycles. The minimum absolute atomic E-state index is 0.0460. The van der Waals surface area contributed by atoms with Gasteiger partial charge in [0, 0.05) is 12.8 Å². The Morgan fingerprint density at radius 3 is 1.01 bits per heavy atom. The molecule has 0 radical (unpaired) electrons. The average Bonchev–Trinajstić information content (AvgIpc) is 3.44. The van der Waals surface area contributed by atoms with Gasteiger partial charge in [0.2, 0.25) is 5.91 Å². The first kappa shape index (κ1) is 79.8. The Morgan fingerprint density at radius 2 is 0.704 bits per heavy atom. The van der Waals surface area contributed by atoms with Gasteiger partial charge in [-0.05, 0) is 31.8 Å². The largest absolute Gasteiger partial charge is 0.472 e. The van der Waals surface area contributed by atoms with Crippen LogP contribution in [0, 0.1) is 0 Å². The normalized spacial score (nSPS) is 13.5. The predicted octanol–water partition coefficient (Wildman–Crippen LogP) is 22.7. The van der Waals surface area contributed by atoms with Gasteiger partial charge in [-0.3, -0.25) is 18.6 Å². The number of ether oxygens (including phenoxy) is 1. The van der Waals surface area contributed by atoms with Crippen molar-refractivity contribution in [1.29, 1.82) is 0 Å². The minimum atomic E-state index is -4.44. The molecule has 0 heterocycles. The summed E-state index contributed by atoms with van der Waals surface area (Å²) in [4.78, 5) is 37.8. The molecule has 0 saturated carbocycles. The highest BCUT2D eigenvalue weighted by molar-refractivity contribution is 7.47. The molecule has 0 rings (SSSR count). The second-order valence-electron chi connectivity index (χ2n) is 26.1. The molecule has 0 aliphatic carbocycles. The summed E-state index contributed by atoms with van der Waals surface area (Å²) in [5.74, 6) is -0.478. The molecule has 9 nitrogen and oxygen atoms in total. The topological polar surface area (TPSA) is 111 Å². The Balaban J connectivity index is 4.93. The van der Waals surface area contributed by atoms with Crippen molar-refractivity contribution < 1.29 is 37.3 Å². The number of carbonyl (C=O) groups is 2. The number of nitrogens with one attached hydrogen (secondary N) is 1. The Bertz CT molecular complexity index is 1390. The summed E-state index contributed by atoms with van der Waals surface area (Å²) in [6.07, 6.45) is 73.8. The number of carbonyl (C=O) groups excluding carboxylic acids is 2. The van der Waals surface area contributed by atoms with E-state index in [4.69, 9.17) is 13.8 Å². The molecule has 3 unspecified atom stereocenters. The van der Waals surface area contributed by atoms with E-state index in [0.29, 0.717) is 23.9 Å². The van der Waals surface area contributed by atoms with Gasteiger partial charge in [0.25, 0.3) is 0 Å². The number of hydrogen-bond acceptors (Lipinski definition) is 6. The van der Waals surface area contributed by atoms with E-state index in [2.05, 4.69) is 32.2 Å². The van der Waals surface area contributed by atoms with E-state index in [-0.39, 0.29) is 25.1 Å². The third-order valence-electron chi connectivity index (χ3n) is 16.7. The smallest absolute Gasteiger partial charge is 0.456 e. The van der Waals surface area contributed by atoms with Crippen LogP contribution in [0.1, 0.15) is 380 Å². The Kier molecular flexibility index (Phi) is 60.9. The van der Waals surface area contributed by atoms with Gasteiger partial charge in [-0.15, -0.1) is 0 Å². The van der Waals surface area contributed by atoms with Gasteiger partial charge >= 0.3 is 13.8 Å². The van der Waals surface area contributed by atoms with E-state index in [1.807, 2.05) is 27.2 Å². The van der Waals surface area contributed by atoms with Crippen molar-refractivity contribution >= 4 is 19.7 Å². The van der Waals surface area contributed by atoms with Crippen LogP contribution in [-0.4, -0.2) is 74.3 Å². The number of allylic oxidation sites excluding steroid dienone is 1. The van der Waals surface area contributed by atoms with Gasteiger partial charge in [-0.25, -0.2) is 4.57 Å². The number of phosphoric ester groups is 1. The molecule has 0 aromatic heterocycles. The van der Waals surface area contributed by atoms with Crippen LogP contribution >= 0.6 is 7.82 Å². The molecule has 0 aliphatic rings. The summed E-state index contributed by atoms with van der Waals surface area (Å²) >= 11 is 0. The lowest BCUT2D eigenvalue weighted by atomic mass is 10.0. The van der Waals surface area contributed by atoms with Crippen LogP contribution in [0.5, 0.6) is 0 Å². The van der Waals surface area contributed by atoms with Crippen LogP contribution in [0.2, 0.25) is 0 Å². The van der Waals surface area contributed by atoms with E-state index >= 15 is 0 Å². The van der Waals surface area contributed by atoms with Crippen molar-refractivity contribution in [2.24, 2.45) is 0 Å². The molecule has 482 valence electrons. The highest BCUT2D eigenvalue weighted by atomic mass is 31.2. The van der Waals surface area contributed by atoms with E-state index in [1.165, 1.54) is 289 Å². The molecule has 0 saturated heterocycles. The van der Waals surface area contributed by atoms with Gasteiger partial charge in [-0.1, -0.05) is 348 Å². The number of amides is 1. The second kappa shape index (κ2) is 61.8. The van der Waals surface area contributed by atoms with Gasteiger partial charge < -0.3 is 19.4 Å². The number of phosphoric acid groups is 1. The predicted molar refractivity (Wildman–Crippen MR) is 351 cm³/mol. The van der Waals surface area contributed by atoms with Crippen molar-refractivity contribution in [2.75, 3.05) is 40.9 Å². The van der Waals surface area contributed by atoms with Crippen LogP contribution in [0.15, 0.2) is 12.2 Å². The maximum absolute atomic E-state index is 13.6. The molecule has 0 fully saturated rings. The SMILES string of the molecule is CCCCCCCCCCCC/C=C\C(OC(=O)CCCCCCCCCCCCCCCCCCCCCCCCCCCCC)C(COP(=O)(O)OCC[N+](C)(C)C)NC(=O)CCCCCCCCCCCCCCCCCC. The number of rotatable bonds is 67. The van der Waals surface area contributed by atoms with E-state index in [1.54, 1.807) is 0 Å². The third-order valence-corrected chi connectivity index (χ3v) is 17.7. The maximum Gasteiger partial charge on any atom is 0.472 e. The minimum Gasteiger partial charge on any atom is -0.456 e. The highest BCUT2D eigenvalue weighted by Gasteiger charge is 2.30. The van der Waals surface area contributed by atoms with Crippen LogP contribution in [0.4, 0.5) is 0 Å². The molecule has 10 heteroatoms. The summed E-state index contributed by atoms with van der Waals surface area (Å²) in [5.41, 5.74) is 0. The number of likely N-dealkylation sites (N-methyl/N-ethyl adjacent to an activating group) is 1. The Morgan fingerprint density at radius 1 is 0.420 bits per heavy atom. The van der Waals surface area contributed by atoms with E-state index in [9.17, 15) is 19.0 Å². The number of esters is 1. The van der Waals surface area contributed by atoms with Crippen molar-refractivity contribution in [3.8, 4) is 0 Å². The zero-order valence-electron chi connectivity index (χ0n) is 55.3. The fourth-order valence-electron chi connectivity index (χ4n) is 11.2. The molecule has 0 aliphatic heterocycles. The summed E-state index contributed by atoms with van der Waals surface area (Å²) in [6, 6.07) is -0.840. The molecule has 1 amide bonds. The van der Waals surface area contributed by atoms with Gasteiger partial charge in [0.05, 0.1) is 33.8 Å². The zero-order valence-corrected chi connectivity index (χ0v) is 56.2. The van der Waals surface area contributed by atoms with E-state index < -0.39 is 20.0 Å². The Labute approximate surface area is 505 Å². The monoisotopic (exact) mass is 1170 g/mol. The van der Waals surface area contributed by atoms with Crippen molar-refractivity contribution in [3.63, 3.8) is 0 Å². The number of unbranched alkanes of at least 4 members (excludes halogenated alkanes) is 51. The summed E-state index contributed by atoms with van der Waals surface area (Å²) < 4.78 is 30.8. The van der Waals surface area contributed by atoms with Crippen LogP contribution in [-0.2, 0) is 27.9 Å². The first-order chi connectivity index (χ1) is 39.4. The molecule has 81 heavy (non-hydrogen) atoms. The molecule has 0 spiro atoms. The third kappa shape index (κ3) is 63.1. The van der Waals surface area contributed by atoms with Gasteiger partial charge in [0.1, 0.15) is 19.3 Å². The fourth-order valence-corrected chi connectivity index (χ4v) is 11.9. The lowest BCUT2D eigenvalue weighted by Crippen LogP contribution is -2.47. The maximum atomic E-state index is 13.6. The van der Waals surface area contributed by atoms with Crippen LogP contribution in [0.3, 0.4) is 0 Å². The number of nitrogens with zero attached hydrogens (tertiary/aromatic N) is 1. The molecular formula is C71H142N2O7P+. The lowest BCUT2D eigenvalue weighted by Gasteiger charge is -2.27. The van der Waals surface area contributed by atoms with Gasteiger partial charge in [0.15, 0.2) is 0 Å². The quantitative estimate of drug-likeness (QED) is 0.0205. The number of hydrogen-bond donors (Lipinski definition) is 2.